The quantitative estimate of drug-likeness (QED) is 0.413. The van der Waals surface area contributed by atoms with Gasteiger partial charge >= 0.3 is 0 Å². The summed E-state index contributed by atoms with van der Waals surface area (Å²) in [7, 11) is 0. The first-order valence-electron chi connectivity index (χ1n) is 1.86. The summed E-state index contributed by atoms with van der Waals surface area (Å²) in [5, 5.41) is 8.38. The molecule has 0 bridgehead atoms. The molecule has 6 heavy (non-hydrogen) atoms. The topological polar surface area (TPSA) is 38.7 Å². The lowest BCUT2D eigenvalue weighted by Gasteiger charge is -1.90. The molecule has 0 aromatic carbocycles. The molecular weight excluding hydrogens is 84.0 g/mol. The lowest BCUT2D eigenvalue weighted by molar-refractivity contribution is -0.317. The molecule has 3 heteroatoms. The van der Waals surface area contributed by atoms with Gasteiger partial charge in [0.25, 0.3) is 0 Å². The molecule has 0 unspecified atom stereocenters. The van der Waals surface area contributed by atoms with Crippen molar-refractivity contribution in [1.82, 2.24) is 0 Å². The van der Waals surface area contributed by atoms with Crippen LogP contribution >= 0.6 is 0 Å². The van der Waals surface area contributed by atoms with E-state index in [1.807, 2.05) is 0 Å². The lowest BCUT2D eigenvalue weighted by atomic mass is 10.5. The van der Waals surface area contributed by atoms with E-state index in [1.165, 1.54) is 0 Å². The minimum atomic E-state index is -0.676. The van der Waals surface area contributed by atoms with Crippen molar-refractivity contribution >= 4 is 0 Å². The number of rotatable bonds is 0. The second-order valence-electron chi connectivity index (χ2n) is 1.16. The van der Waals surface area contributed by atoms with Gasteiger partial charge in [-0.25, -0.2) is 9.78 Å². The largest absolute Gasteiger partial charge is 0.366 e. The van der Waals surface area contributed by atoms with Gasteiger partial charge in [-0.3, -0.25) is 0 Å². The molecule has 1 aliphatic heterocycles. The molecular formula is C3H6O3. The molecule has 1 atom stereocenters. The van der Waals surface area contributed by atoms with Crippen LogP contribution in [0, 0.1) is 0 Å². The third-order valence-electron chi connectivity index (χ3n) is 0.627. The van der Waals surface area contributed by atoms with Gasteiger partial charge in [-0.05, 0) is 0 Å². The van der Waals surface area contributed by atoms with Crippen molar-refractivity contribution in [3.63, 3.8) is 0 Å². The number of aliphatic hydroxyl groups excluding tert-OH is 1. The predicted octanol–water partition coefficient (Wildman–Crippen LogP) is -0.343. The van der Waals surface area contributed by atoms with Crippen LogP contribution in [0.4, 0.5) is 0 Å². The van der Waals surface area contributed by atoms with Gasteiger partial charge in [0.05, 0.1) is 6.61 Å². The molecule has 1 saturated heterocycles. The second kappa shape index (κ2) is 1.55. The standard InChI is InChI=1S/C3H6O3/c4-3-1-2-5-6-3/h3-4H,1-2H2/t3-/m1/s1. The van der Waals surface area contributed by atoms with Gasteiger partial charge in [-0.2, -0.15) is 0 Å². The highest BCUT2D eigenvalue weighted by atomic mass is 17.2. The van der Waals surface area contributed by atoms with Crippen LogP contribution < -0.4 is 0 Å². The van der Waals surface area contributed by atoms with E-state index < -0.39 is 6.29 Å². The Bertz CT molecular complexity index is 39.3. The maximum Gasteiger partial charge on any atom is 0.191 e. The first-order valence-corrected chi connectivity index (χ1v) is 1.86. The van der Waals surface area contributed by atoms with Gasteiger partial charge in [0.1, 0.15) is 0 Å². The Morgan fingerprint density at radius 2 is 2.50 bits per heavy atom. The van der Waals surface area contributed by atoms with E-state index >= 15 is 0 Å². The number of hydrogen-bond donors (Lipinski definition) is 1. The van der Waals surface area contributed by atoms with Crippen LogP contribution in [-0.4, -0.2) is 18.0 Å². The van der Waals surface area contributed by atoms with E-state index in [4.69, 9.17) is 5.11 Å². The molecule has 0 saturated carbocycles. The maximum atomic E-state index is 8.38. The van der Waals surface area contributed by atoms with Gasteiger partial charge in [-0.1, -0.05) is 0 Å². The Morgan fingerprint density at radius 1 is 1.67 bits per heavy atom. The summed E-state index contributed by atoms with van der Waals surface area (Å²) in [5.41, 5.74) is 0. The molecule has 1 aliphatic rings. The molecule has 36 valence electrons. The average molecular weight is 90.1 g/mol. The van der Waals surface area contributed by atoms with Crippen LogP contribution in [0.5, 0.6) is 0 Å². The molecule has 0 amide bonds. The summed E-state index contributed by atoms with van der Waals surface area (Å²) in [6.07, 6.45) is -0.0787. The fourth-order valence-corrected chi connectivity index (χ4v) is 0.324. The molecule has 1 fully saturated rings. The summed E-state index contributed by atoms with van der Waals surface area (Å²) in [6.45, 7) is 0.515. The third-order valence-corrected chi connectivity index (χ3v) is 0.627. The molecule has 0 spiro atoms. The fraction of sp³-hybridized carbons (Fsp3) is 1.00. The monoisotopic (exact) mass is 90.0 g/mol. The molecule has 1 heterocycles. The van der Waals surface area contributed by atoms with Gasteiger partial charge in [0, 0.05) is 6.42 Å². The normalized spacial score (nSPS) is 34.5. The fourth-order valence-electron chi connectivity index (χ4n) is 0.324. The Balaban J connectivity index is 2.18. The van der Waals surface area contributed by atoms with Crippen molar-refractivity contribution in [1.29, 1.82) is 0 Å². The molecule has 1 rings (SSSR count). The number of hydrogen-bond acceptors (Lipinski definition) is 3. The van der Waals surface area contributed by atoms with E-state index in [-0.39, 0.29) is 0 Å². The molecule has 3 nitrogen and oxygen atoms in total. The Kier molecular flexibility index (Phi) is 1.05. The molecule has 0 aromatic heterocycles. The van der Waals surface area contributed by atoms with E-state index in [0.29, 0.717) is 13.0 Å². The minimum Gasteiger partial charge on any atom is -0.366 e. The van der Waals surface area contributed by atoms with Crippen LogP contribution in [0.25, 0.3) is 0 Å². The van der Waals surface area contributed by atoms with Crippen LogP contribution in [0.15, 0.2) is 0 Å². The zero-order valence-electron chi connectivity index (χ0n) is 3.26. The summed E-state index contributed by atoms with van der Waals surface area (Å²) in [6, 6.07) is 0. The van der Waals surface area contributed by atoms with E-state index in [2.05, 4.69) is 9.78 Å². The van der Waals surface area contributed by atoms with Crippen LogP contribution in [0.1, 0.15) is 6.42 Å². The lowest BCUT2D eigenvalue weighted by Crippen LogP contribution is -1.99. The summed E-state index contributed by atoms with van der Waals surface area (Å²) >= 11 is 0. The highest BCUT2D eigenvalue weighted by Crippen LogP contribution is 2.02. The SMILES string of the molecule is O[C@H]1CCOO1. The zero-order chi connectivity index (χ0) is 4.41. The minimum absolute atomic E-state index is 0.515. The smallest absolute Gasteiger partial charge is 0.191 e. The first-order chi connectivity index (χ1) is 2.89. The van der Waals surface area contributed by atoms with E-state index in [1.54, 1.807) is 0 Å². The highest BCUT2D eigenvalue weighted by Gasteiger charge is 2.11. The average Bonchev–Trinajstić information content (AvgIpc) is 1.86. The van der Waals surface area contributed by atoms with Gasteiger partial charge in [-0.15, -0.1) is 0 Å². The van der Waals surface area contributed by atoms with Crippen LogP contribution in [0.3, 0.4) is 0 Å². The maximum absolute atomic E-state index is 8.38. The summed E-state index contributed by atoms with van der Waals surface area (Å²) in [4.78, 5) is 8.52. The van der Waals surface area contributed by atoms with E-state index in [9.17, 15) is 0 Å². The molecule has 1 N–H and O–H groups in total. The van der Waals surface area contributed by atoms with Crippen molar-refractivity contribution in [2.75, 3.05) is 6.61 Å². The van der Waals surface area contributed by atoms with Crippen molar-refractivity contribution < 1.29 is 14.9 Å². The summed E-state index contributed by atoms with van der Waals surface area (Å²) in [5.74, 6) is 0. The van der Waals surface area contributed by atoms with Crippen molar-refractivity contribution in [3.8, 4) is 0 Å². The Morgan fingerprint density at radius 3 is 2.67 bits per heavy atom. The molecule has 0 aliphatic carbocycles. The number of aliphatic hydroxyl groups is 1. The van der Waals surface area contributed by atoms with Gasteiger partial charge in [0.15, 0.2) is 6.29 Å². The van der Waals surface area contributed by atoms with Gasteiger partial charge < -0.3 is 5.11 Å². The highest BCUT2D eigenvalue weighted by molar-refractivity contribution is 4.39. The first kappa shape index (κ1) is 4.05. The van der Waals surface area contributed by atoms with E-state index in [0.717, 1.165) is 0 Å². The van der Waals surface area contributed by atoms with Crippen molar-refractivity contribution in [2.24, 2.45) is 0 Å². The van der Waals surface area contributed by atoms with Crippen LogP contribution in [-0.2, 0) is 9.78 Å². The van der Waals surface area contributed by atoms with Crippen molar-refractivity contribution in [2.45, 2.75) is 12.7 Å². The summed E-state index contributed by atoms with van der Waals surface area (Å²) < 4.78 is 0. The molecule has 0 radical (unpaired) electrons. The Labute approximate surface area is 35.4 Å². The third kappa shape index (κ3) is 0.680. The Hall–Kier alpha value is -0.120. The molecule has 0 aromatic rings. The zero-order valence-corrected chi connectivity index (χ0v) is 3.26. The second-order valence-corrected chi connectivity index (χ2v) is 1.16. The van der Waals surface area contributed by atoms with Crippen LogP contribution in [0.2, 0.25) is 0 Å². The predicted molar refractivity (Wildman–Crippen MR) is 17.7 cm³/mol. The van der Waals surface area contributed by atoms with Gasteiger partial charge in [0.2, 0.25) is 0 Å². The van der Waals surface area contributed by atoms with Crippen molar-refractivity contribution in [3.05, 3.63) is 0 Å².